The molecule has 0 atom stereocenters. The van der Waals surface area contributed by atoms with Crippen molar-refractivity contribution in [1.29, 1.82) is 5.26 Å². The molecule has 0 aromatic carbocycles. The van der Waals surface area contributed by atoms with Crippen LogP contribution < -0.4 is 9.47 Å². The quantitative estimate of drug-likeness (QED) is 0.488. The maximum atomic E-state index is 10.8. The molecule has 4 heterocycles. The molecule has 0 aliphatic rings. The summed E-state index contributed by atoms with van der Waals surface area (Å²) in [5.74, 6) is 1.08. The van der Waals surface area contributed by atoms with Crippen LogP contribution in [0.25, 0.3) is 27.8 Å². The van der Waals surface area contributed by atoms with Crippen molar-refractivity contribution in [2.75, 3.05) is 13.2 Å². The number of hydrogen-bond donors (Lipinski definition) is 1. The van der Waals surface area contributed by atoms with Gasteiger partial charge >= 0.3 is 0 Å². The lowest BCUT2D eigenvalue weighted by atomic mass is 10.1. The largest absolute Gasteiger partial charge is 0.494 e. The molecule has 0 spiro atoms. The van der Waals surface area contributed by atoms with E-state index in [9.17, 15) is 5.11 Å². The molecule has 9 nitrogen and oxygen atoms in total. The Morgan fingerprint density at radius 3 is 2.68 bits per heavy atom. The highest BCUT2D eigenvalue weighted by atomic mass is 16.5. The van der Waals surface area contributed by atoms with E-state index in [0.29, 0.717) is 47.1 Å². The van der Waals surface area contributed by atoms with Crippen molar-refractivity contribution in [3.63, 3.8) is 0 Å². The Morgan fingerprint density at radius 1 is 1.13 bits per heavy atom. The standard InChI is InChI=1S/C22H22N6O3/c1-4-30-19-9-15(10-24-21(19)31-5-2)17-8-14(3)20-18(26-17)13-28(22(20)29)16-11-25-27(12-16)7-6-23/h8-13,29H,4-5,7H2,1-3H3. The molecule has 0 radical (unpaired) electrons. The van der Waals surface area contributed by atoms with E-state index in [-0.39, 0.29) is 12.4 Å². The van der Waals surface area contributed by atoms with Gasteiger partial charge in [0.15, 0.2) is 5.75 Å². The van der Waals surface area contributed by atoms with Crippen molar-refractivity contribution in [3.05, 3.63) is 42.5 Å². The van der Waals surface area contributed by atoms with E-state index in [1.54, 1.807) is 29.4 Å². The number of fused-ring (bicyclic) bond motifs is 1. The molecule has 158 valence electrons. The summed E-state index contributed by atoms with van der Waals surface area (Å²) < 4.78 is 14.3. The van der Waals surface area contributed by atoms with Crippen LogP contribution in [0.2, 0.25) is 0 Å². The Hall–Kier alpha value is -4.06. The van der Waals surface area contributed by atoms with E-state index < -0.39 is 0 Å². The third kappa shape index (κ3) is 3.75. The van der Waals surface area contributed by atoms with Gasteiger partial charge in [0.05, 0.1) is 54.0 Å². The van der Waals surface area contributed by atoms with E-state index in [2.05, 4.69) is 10.1 Å². The number of nitrogens with zero attached hydrogens (tertiary/aromatic N) is 6. The first kappa shape index (κ1) is 20.2. The number of hydrogen-bond acceptors (Lipinski definition) is 7. The molecule has 0 amide bonds. The van der Waals surface area contributed by atoms with Gasteiger partial charge in [0.25, 0.3) is 5.88 Å². The zero-order valence-corrected chi connectivity index (χ0v) is 17.5. The van der Waals surface area contributed by atoms with Gasteiger partial charge in [0.2, 0.25) is 5.88 Å². The molecule has 0 aliphatic carbocycles. The molecule has 0 bridgehead atoms. The molecule has 0 fully saturated rings. The summed E-state index contributed by atoms with van der Waals surface area (Å²) in [6.07, 6.45) is 6.74. The van der Waals surface area contributed by atoms with Gasteiger partial charge < -0.3 is 14.6 Å². The SMILES string of the molecule is CCOc1cc(-c2cc(C)c3c(O)n(-c4cnn(CC#N)c4)cc3n2)cnc1OCC. The number of aryl methyl sites for hydroxylation is 1. The van der Waals surface area contributed by atoms with Crippen LogP contribution in [0.3, 0.4) is 0 Å². The molecule has 0 aliphatic heterocycles. The first-order valence-corrected chi connectivity index (χ1v) is 9.93. The minimum atomic E-state index is 0.0721. The zero-order chi connectivity index (χ0) is 22.0. The van der Waals surface area contributed by atoms with Crippen LogP contribution in [0.1, 0.15) is 19.4 Å². The topological polar surface area (TPSA) is 111 Å². The summed E-state index contributed by atoms with van der Waals surface area (Å²) in [7, 11) is 0. The van der Waals surface area contributed by atoms with E-state index in [0.717, 1.165) is 11.1 Å². The number of ether oxygens (including phenoxy) is 2. The Bertz CT molecular complexity index is 1280. The molecule has 31 heavy (non-hydrogen) atoms. The number of pyridine rings is 2. The summed E-state index contributed by atoms with van der Waals surface area (Å²) in [6, 6.07) is 5.80. The zero-order valence-electron chi connectivity index (χ0n) is 17.5. The van der Waals surface area contributed by atoms with Crippen LogP contribution >= 0.6 is 0 Å². The monoisotopic (exact) mass is 418 g/mol. The summed E-state index contributed by atoms with van der Waals surface area (Å²) >= 11 is 0. The summed E-state index contributed by atoms with van der Waals surface area (Å²) in [4.78, 5) is 9.12. The van der Waals surface area contributed by atoms with Gasteiger partial charge in [0.1, 0.15) is 6.54 Å². The van der Waals surface area contributed by atoms with Crippen molar-refractivity contribution < 1.29 is 14.6 Å². The third-order valence-electron chi connectivity index (χ3n) is 4.77. The van der Waals surface area contributed by atoms with Crippen LogP contribution in [0, 0.1) is 18.3 Å². The molecular formula is C22H22N6O3. The lowest BCUT2D eigenvalue weighted by molar-refractivity contribution is 0.278. The van der Waals surface area contributed by atoms with Gasteiger partial charge in [-0.1, -0.05) is 0 Å². The third-order valence-corrected chi connectivity index (χ3v) is 4.77. The predicted molar refractivity (Wildman–Crippen MR) is 114 cm³/mol. The van der Waals surface area contributed by atoms with Crippen LogP contribution in [-0.2, 0) is 6.54 Å². The lowest BCUT2D eigenvalue weighted by Crippen LogP contribution is -2.01. The molecule has 9 heteroatoms. The minimum absolute atomic E-state index is 0.0721. The van der Waals surface area contributed by atoms with Gasteiger partial charge in [-0.25, -0.2) is 9.97 Å². The van der Waals surface area contributed by atoms with E-state index in [4.69, 9.17) is 19.7 Å². The van der Waals surface area contributed by atoms with Gasteiger partial charge in [0, 0.05) is 18.0 Å². The molecule has 4 aromatic rings. The van der Waals surface area contributed by atoms with E-state index in [1.165, 1.54) is 4.68 Å². The van der Waals surface area contributed by atoms with Crippen LogP contribution in [-0.4, -0.2) is 42.6 Å². The fourth-order valence-electron chi connectivity index (χ4n) is 3.44. The lowest BCUT2D eigenvalue weighted by Gasteiger charge is -2.11. The predicted octanol–water partition coefficient (Wildman–Crippen LogP) is 3.62. The second kappa shape index (κ2) is 8.36. The average Bonchev–Trinajstić information content (AvgIpc) is 3.34. The number of nitriles is 1. The van der Waals surface area contributed by atoms with Gasteiger partial charge in [-0.3, -0.25) is 9.25 Å². The highest BCUT2D eigenvalue weighted by molar-refractivity contribution is 5.90. The van der Waals surface area contributed by atoms with Crippen LogP contribution in [0.5, 0.6) is 17.5 Å². The fourth-order valence-corrected chi connectivity index (χ4v) is 3.44. The number of aromatic nitrogens is 5. The Morgan fingerprint density at radius 2 is 1.94 bits per heavy atom. The second-order valence-electron chi connectivity index (χ2n) is 6.85. The fraction of sp³-hybridized carbons (Fsp3) is 0.273. The van der Waals surface area contributed by atoms with Gasteiger partial charge in [-0.05, 0) is 38.5 Å². The Balaban J connectivity index is 1.79. The minimum Gasteiger partial charge on any atom is -0.494 e. The molecule has 1 N–H and O–H groups in total. The highest BCUT2D eigenvalue weighted by Crippen LogP contribution is 2.35. The molecule has 4 rings (SSSR count). The van der Waals surface area contributed by atoms with Gasteiger partial charge in [-0.15, -0.1) is 0 Å². The maximum absolute atomic E-state index is 10.8. The molecule has 0 saturated heterocycles. The Kier molecular flexibility index (Phi) is 5.45. The average molecular weight is 418 g/mol. The molecular weight excluding hydrogens is 396 g/mol. The van der Waals surface area contributed by atoms with Crippen molar-refractivity contribution >= 4 is 10.9 Å². The first-order valence-electron chi connectivity index (χ1n) is 9.93. The normalized spacial score (nSPS) is 10.9. The van der Waals surface area contributed by atoms with E-state index >= 15 is 0 Å². The molecule has 4 aromatic heterocycles. The number of rotatable bonds is 7. The van der Waals surface area contributed by atoms with Crippen LogP contribution in [0.4, 0.5) is 0 Å². The smallest absolute Gasteiger partial charge is 0.257 e. The van der Waals surface area contributed by atoms with Crippen molar-refractivity contribution in [2.24, 2.45) is 0 Å². The molecule has 0 saturated carbocycles. The van der Waals surface area contributed by atoms with Crippen molar-refractivity contribution in [1.82, 2.24) is 24.3 Å². The summed E-state index contributed by atoms with van der Waals surface area (Å²) in [5, 5.41) is 24.4. The van der Waals surface area contributed by atoms with E-state index in [1.807, 2.05) is 39.0 Å². The summed E-state index contributed by atoms with van der Waals surface area (Å²) in [5.41, 5.74) is 3.64. The first-order chi connectivity index (χ1) is 15.0. The van der Waals surface area contributed by atoms with Crippen molar-refractivity contribution in [2.45, 2.75) is 27.3 Å². The highest BCUT2D eigenvalue weighted by Gasteiger charge is 2.17. The second-order valence-corrected chi connectivity index (χ2v) is 6.85. The number of aromatic hydroxyl groups is 1. The summed E-state index contributed by atoms with van der Waals surface area (Å²) in [6.45, 7) is 6.84. The van der Waals surface area contributed by atoms with Crippen LogP contribution in [0.15, 0.2) is 36.9 Å². The Labute approximate surface area is 179 Å². The molecule has 0 unspecified atom stereocenters. The maximum Gasteiger partial charge on any atom is 0.257 e. The van der Waals surface area contributed by atoms with Crippen molar-refractivity contribution in [3.8, 4) is 40.5 Å². The van der Waals surface area contributed by atoms with Gasteiger partial charge in [-0.2, -0.15) is 10.4 Å².